The zero-order chi connectivity index (χ0) is 23.5. The normalized spacial score (nSPS) is 11.5. The first kappa shape index (κ1) is 24.8. The third-order valence-electron chi connectivity index (χ3n) is 4.97. The van der Waals surface area contributed by atoms with E-state index in [-0.39, 0.29) is 37.1 Å². The van der Waals surface area contributed by atoms with Crippen molar-refractivity contribution in [2.45, 2.75) is 39.5 Å². The van der Waals surface area contributed by atoms with Crippen molar-refractivity contribution in [3.05, 3.63) is 47.7 Å². The number of unbranched alkanes of at least 4 members (excludes halogenated alkanes) is 2. The fourth-order valence-electron chi connectivity index (χ4n) is 3.27. The van der Waals surface area contributed by atoms with Crippen LogP contribution in [0.3, 0.4) is 0 Å². The largest absolute Gasteiger partial charge is 0.451 e. The number of hydrogen-bond acceptors (Lipinski definition) is 6. The molecule has 1 atom stereocenters. The summed E-state index contributed by atoms with van der Waals surface area (Å²) >= 11 is 0. The zero-order valence-corrected chi connectivity index (χ0v) is 18.3. The molecule has 0 saturated heterocycles. The number of nitrogens with one attached hydrogen (secondary N) is 2. The van der Waals surface area contributed by atoms with Gasteiger partial charge in [0.2, 0.25) is 12.3 Å². The molecule has 0 saturated carbocycles. The molecule has 0 fully saturated rings. The number of rotatable bonds is 13. The molecular formula is C23H29N3O6. The molecule has 9 nitrogen and oxygen atoms in total. The maximum Gasteiger partial charge on any atom is 0.288 e. The quantitative estimate of drug-likeness (QED) is 0.109. The predicted octanol–water partition coefficient (Wildman–Crippen LogP) is 3.00. The Hall–Kier alpha value is -3.46. The Morgan fingerprint density at radius 1 is 1.12 bits per heavy atom. The van der Waals surface area contributed by atoms with Crippen LogP contribution in [0.2, 0.25) is 0 Å². The maximum absolute atomic E-state index is 12.4. The SMILES string of the molecule is CCCCCC(CN(O)C=O)C(=O)NCNC(=O)c1ccc(-c2ccccc2C(C)=O)o1. The Morgan fingerprint density at radius 3 is 2.56 bits per heavy atom. The summed E-state index contributed by atoms with van der Waals surface area (Å²) in [6.45, 7) is 3.23. The molecule has 172 valence electrons. The van der Waals surface area contributed by atoms with E-state index in [1.54, 1.807) is 30.3 Å². The van der Waals surface area contributed by atoms with Crippen LogP contribution < -0.4 is 10.6 Å². The predicted molar refractivity (Wildman–Crippen MR) is 117 cm³/mol. The first-order valence-electron chi connectivity index (χ1n) is 10.5. The van der Waals surface area contributed by atoms with E-state index in [1.807, 2.05) is 6.92 Å². The molecule has 2 rings (SSSR count). The van der Waals surface area contributed by atoms with Gasteiger partial charge >= 0.3 is 0 Å². The molecule has 1 aromatic carbocycles. The van der Waals surface area contributed by atoms with Gasteiger partial charge in [-0.2, -0.15) is 0 Å². The lowest BCUT2D eigenvalue weighted by atomic mass is 10.0. The zero-order valence-electron chi connectivity index (χ0n) is 18.3. The number of Topliss-reactive ketones (excluding diaryl/α,β-unsaturated/α-hetero) is 1. The average Bonchev–Trinajstić information content (AvgIpc) is 3.28. The maximum atomic E-state index is 12.4. The number of amides is 3. The smallest absolute Gasteiger partial charge is 0.288 e. The standard InChI is InChI=1S/C23H29N3O6/c1-3-4-5-8-17(13-26(31)15-27)22(29)24-14-25-23(30)21-12-11-20(32-21)19-10-7-6-9-18(19)16(2)28/h6-7,9-12,15,17,31H,3-5,8,13-14H2,1-2H3,(H,24,29)(H,25,30). The monoisotopic (exact) mass is 443 g/mol. The Morgan fingerprint density at radius 2 is 1.88 bits per heavy atom. The summed E-state index contributed by atoms with van der Waals surface area (Å²) in [5.41, 5.74) is 1.08. The van der Waals surface area contributed by atoms with Gasteiger partial charge in [0.1, 0.15) is 5.76 Å². The third-order valence-corrected chi connectivity index (χ3v) is 4.97. The minimum Gasteiger partial charge on any atom is -0.451 e. The van der Waals surface area contributed by atoms with Crippen LogP contribution in [0.15, 0.2) is 40.8 Å². The molecule has 1 heterocycles. The lowest BCUT2D eigenvalue weighted by Gasteiger charge is -2.19. The van der Waals surface area contributed by atoms with E-state index in [9.17, 15) is 24.4 Å². The van der Waals surface area contributed by atoms with Gasteiger partial charge in [0.25, 0.3) is 5.91 Å². The summed E-state index contributed by atoms with van der Waals surface area (Å²) in [6.07, 6.45) is 3.45. The van der Waals surface area contributed by atoms with Gasteiger partial charge in [-0.1, -0.05) is 50.5 Å². The van der Waals surface area contributed by atoms with Gasteiger partial charge in [-0.15, -0.1) is 0 Å². The van der Waals surface area contributed by atoms with Crippen LogP contribution >= 0.6 is 0 Å². The van der Waals surface area contributed by atoms with Crippen LogP contribution in [0.4, 0.5) is 0 Å². The second-order valence-electron chi connectivity index (χ2n) is 7.41. The number of benzene rings is 1. The molecule has 0 aliphatic rings. The lowest BCUT2D eigenvalue weighted by Crippen LogP contribution is -2.42. The van der Waals surface area contributed by atoms with E-state index < -0.39 is 11.8 Å². The second kappa shape index (κ2) is 12.4. The van der Waals surface area contributed by atoms with Gasteiger partial charge in [0.05, 0.1) is 19.1 Å². The number of carbonyl (C=O) groups is 4. The molecule has 3 N–H and O–H groups in total. The number of furan rings is 1. The molecule has 32 heavy (non-hydrogen) atoms. The first-order valence-corrected chi connectivity index (χ1v) is 10.5. The van der Waals surface area contributed by atoms with Crippen molar-refractivity contribution in [3.63, 3.8) is 0 Å². The number of hydroxylamine groups is 2. The van der Waals surface area contributed by atoms with E-state index >= 15 is 0 Å². The highest BCUT2D eigenvalue weighted by molar-refractivity contribution is 6.00. The topological polar surface area (TPSA) is 129 Å². The molecular weight excluding hydrogens is 414 g/mol. The van der Waals surface area contributed by atoms with Crippen molar-refractivity contribution in [2.75, 3.05) is 13.2 Å². The third kappa shape index (κ3) is 7.05. The minimum atomic E-state index is -0.591. The highest BCUT2D eigenvalue weighted by atomic mass is 16.5. The van der Waals surface area contributed by atoms with E-state index in [0.717, 1.165) is 19.3 Å². The van der Waals surface area contributed by atoms with E-state index in [1.165, 1.54) is 13.0 Å². The van der Waals surface area contributed by atoms with Crippen LogP contribution in [0.25, 0.3) is 11.3 Å². The van der Waals surface area contributed by atoms with Gasteiger partial charge < -0.3 is 15.1 Å². The molecule has 0 spiro atoms. The summed E-state index contributed by atoms with van der Waals surface area (Å²) in [5.74, 6) is -1.19. The number of carbonyl (C=O) groups excluding carboxylic acids is 4. The lowest BCUT2D eigenvalue weighted by molar-refractivity contribution is -0.154. The molecule has 1 aromatic heterocycles. The van der Waals surface area contributed by atoms with Crippen molar-refractivity contribution in [2.24, 2.45) is 5.92 Å². The molecule has 0 bridgehead atoms. The molecule has 9 heteroatoms. The van der Waals surface area contributed by atoms with Crippen LogP contribution in [0.1, 0.15) is 60.4 Å². The fraction of sp³-hybridized carbons (Fsp3) is 0.391. The van der Waals surface area contributed by atoms with Crippen molar-refractivity contribution < 1.29 is 28.8 Å². The number of ketones is 1. The first-order chi connectivity index (χ1) is 15.4. The van der Waals surface area contributed by atoms with Gasteiger partial charge in [-0.25, -0.2) is 5.06 Å². The number of nitrogens with zero attached hydrogens (tertiary/aromatic N) is 1. The van der Waals surface area contributed by atoms with E-state index in [4.69, 9.17) is 4.42 Å². The van der Waals surface area contributed by atoms with Gasteiger partial charge in [0, 0.05) is 11.1 Å². The van der Waals surface area contributed by atoms with Gasteiger partial charge in [0.15, 0.2) is 11.5 Å². The van der Waals surface area contributed by atoms with Crippen LogP contribution in [-0.2, 0) is 9.59 Å². The molecule has 0 aliphatic heterocycles. The Balaban J connectivity index is 1.94. The average molecular weight is 444 g/mol. The molecule has 0 aliphatic carbocycles. The van der Waals surface area contributed by atoms with Crippen LogP contribution in [-0.4, -0.2) is 47.5 Å². The summed E-state index contributed by atoms with van der Waals surface area (Å²) < 4.78 is 5.60. The summed E-state index contributed by atoms with van der Waals surface area (Å²) in [7, 11) is 0. The molecule has 1 unspecified atom stereocenters. The van der Waals surface area contributed by atoms with Crippen molar-refractivity contribution in [1.29, 1.82) is 0 Å². The van der Waals surface area contributed by atoms with Gasteiger partial charge in [-0.05, 0) is 25.5 Å². The van der Waals surface area contributed by atoms with Gasteiger partial charge in [-0.3, -0.25) is 24.4 Å². The van der Waals surface area contributed by atoms with E-state index in [2.05, 4.69) is 10.6 Å². The highest BCUT2D eigenvalue weighted by Crippen LogP contribution is 2.26. The highest BCUT2D eigenvalue weighted by Gasteiger charge is 2.21. The van der Waals surface area contributed by atoms with Crippen LogP contribution in [0, 0.1) is 5.92 Å². The Kier molecular flexibility index (Phi) is 9.62. The summed E-state index contributed by atoms with van der Waals surface area (Å²) in [4.78, 5) is 47.3. The molecule has 3 amide bonds. The van der Waals surface area contributed by atoms with Crippen molar-refractivity contribution in [3.8, 4) is 11.3 Å². The summed E-state index contributed by atoms with van der Waals surface area (Å²) in [6, 6.07) is 10.0. The van der Waals surface area contributed by atoms with Crippen molar-refractivity contribution >= 4 is 24.0 Å². The second-order valence-corrected chi connectivity index (χ2v) is 7.41. The van der Waals surface area contributed by atoms with Crippen molar-refractivity contribution in [1.82, 2.24) is 15.7 Å². The summed E-state index contributed by atoms with van der Waals surface area (Å²) in [5, 5.41) is 15.0. The Labute approximate surface area is 186 Å². The van der Waals surface area contributed by atoms with E-state index in [0.29, 0.717) is 28.4 Å². The Bertz CT molecular complexity index is 939. The minimum absolute atomic E-state index is 0.0367. The fourth-order valence-corrected chi connectivity index (χ4v) is 3.27. The molecule has 2 aromatic rings. The molecule has 0 radical (unpaired) electrons. The van der Waals surface area contributed by atoms with Crippen LogP contribution in [0.5, 0.6) is 0 Å². The number of hydrogen-bond donors (Lipinski definition) is 3.